The topological polar surface area (TPSA) is 39.7 Å². The van der Waals surface area contributed by atoms with Gasteiger partial charge in [0.15, 0.2) is 0 Å². The van der Waals surface area contributed by atoms with Crippen molar-refractivity contribution in [2.45, 2.75) is 69.6 Å². The minimum Gasteiger partial charge on any atom is -0.381 e. The molecule has 2 heterocycles. The molecule has 0 aromatic carbocycles. The van der Waals surface area contributed by atoms with Gasteiger partial charge in [0.2, 0.25) is 0 Å². The van der Waals surface area contributed by atoms with Crippen LogP contribution >= 0.6 is 0 Å². The quantitative estimate of drug-likeness (QED) is 0.744. The number of hydrogen-bond acceptors (Lipinski definition) is 4. The van der Waals surface area contributed by atoms with Gasteiger partial charge in [-0.3, -0.25) is 0 Å². The maximum atomic E-state index is 6.17. The maximum absolute atomic E-state index is 6.17. The van der Waals surface area contributed by atoms with Gasteiger partial charge in [-0.25, -0.2) is 0 Å². The van der Waals surface area contributed by atoms with Crippen LogP contribution in [-0.4, -0.2) is 51.2 Å². The second kappa shape index (κ2) is 8.32. The molecule has 2 aliphatic heterocycles. The molecule has 0 aromatic rings. The fourth-order valence-electron chi connectivity index (χ4n) is 3.69. The summed E-state index contributed by atoms with van der Waals surface area (Å²) in [6, 6.07) is 0.424. The van der Waals surface area contributed by atoms with Crippen LogP contribution in [0.15, 0.2) is 0 Å². The van der Waals surface area contributed by atoms with Crippen LogP contribution in [0, 0.1) is 0 Å². The van der Waals surface area contributed by atoms with Crippen LogP contribution < -0.4 is 5.32 Å². The maximum Gasteiger partial charge on any atom is 0.0878 e. The first kappa shape index (κ1) is 16.2. The first-order valence-electron chi connectivity index (χ1n) is 8.31. The first-order chi connectivity index (χ1) is 9.80. The van der Waals surface area contributed by atoms with E-state index in [0.717, 1.165) is 45.7 Å². The predicted octanol–water partition coefficient (Wildman–Crippen LogP) is 2.51. The SMILES string of the molecule is CCOC1(C(CCCC2CCCO2)NC)CCOCC1. The molecule has 0 radical (unpaired) electrons. The average Bonchev–Trinajstić information content (AvgIpc) is 2.98. The summed E-state index contributed by atoms with van der Waals surface area (Å²) in [5.41, 5.74) is -0.0295. The number of nitrogens with one attached hydrogen (secondary N) is 1. The zero-order valence-corrected chi connectivity index (χ0v) is 13.2. The Hall–Kier alpha value is -0.160. The van der Waals surface area contributed by atoms with Crippen LogP contribution in [0.3, 0.4) is 0 Å². The summed E-state index contributed by atoms with van der Waals surface area (Å²) in [5.74, 6) is 0. The summed E-state index contributed by atoms with van der Waals surface area (Å²) in [6.45, 7) is 5.48. The molecule has 1 N–H and O–H groups in total. The molecule has 0 bridgehead atoms. The lowest BCUT2D eigenvalue weighted by Gasteiger charge is -2.43. The van der Waals surface area contributed by atoms with E-state index in [-0.39, 0.29) is 5.60 Å². The standard InChI is InChI=1S/C16H31NO3/c1-3-20-16(9-12-18-13-10-16)15(17-2)8-4-6-14-7-5-11-19-14/h14-15,17H,3-13H2,1-2H3. The lowest BCUT2D eigenvalue weighted by Crippen LogP contribution is -2.54. The molecule has 20 heavy (non-hydrogen) atoms. The Bertz CT molecular complexity index is 255. The number of hydrogen-bond donors (Lipinski definition) is 1. The normalized spacial score (nSPS) is 27.6. The fourth-order valence-corrected chi connectivity index (χ4v) is 3.69. The molecule has 2 atom stereocenters. The summed E-state index contributed by atoms with van der Waals surface area (Å²) >= 11 is 0. The molecule has 2 fully saturated rings. The van der Waals surface area contributed by atoms with Gasteiger partial charge in [-0.15, -0.1) is 0 Å². The van der Waals surface area contributed by atoms with Crippen molar-refractivity contribution in [3.05, 3.63) is 0 Å². The first-order valence-corrected chi connectivity index (χ1v) is 8.31. The van der Waals surface area contributed by atoms with E-state index in [0.29, 0.717) is 12.1 Å². The highest BCUT2D eigenvalue weighted by atomic mass is 16.5. The monoisotopic (exact) mass is 285 g/mol. The van der Waals surface area contributed by atoms with E-state index in [1.54, 1.807) is 0 Å². The highest BCUT2D eigenvalue weighted by Gasteiger charge is 2.40. The molecule has 0 aromatic heterocycles. The molecule has 0 spiro atoms. The second-order valence-electron chi connectivity index (χ2n) is 6.02. The van der Waals surface area contributed by atoms with E-state index in [2.05, 4.69) is 19.3 Å². The Morgan fingerprint density at radius 2 is 2.10 bits per heavy atom. The van der Waals surface area contributed by atoms with Gasteiger partial charge in [0.1, 0.15) is 0 Å². The minimum absolute atomic E-state index is 0.0295. The van der Waals surface area contributed by atoms with Gasteiger partial charge in [0.05, 0.1) is 11.7 Å². The van der Waals surface area contributed by atoms with Gasteiger partial charge in [0.25, 0.3) is 0 Å². The molecular formula is C16H31NO3. The van der Waals surface area contributed by atoms with E-state index in [9.17, 15) is 0 Å². The van der Waals surface area contributed by atoms with Crippen molar-refractivity contribution in [2.75, 3.05) is 33.5 Å². The highest BCUT2D eigenvalue weighted by Crippen LogP contribution is 2.32. The molecule has 2 aliphatic rings. The van der Waals surface area contributed by atoms with Crippen molar-refractivity contribution in [3.8, 4) is 0 Å². The molecule has 118 valence electrons. The van der Waals surface area contributed by atoms with Gasteiger partial charge < -0.3 is 19.5 Å². The van der Waals surface area contributed by atoms with Crippen molar-refractivity contribution in [3.63, 3.8) is 0 Å². The van der Waals surface area contributed by atoms with Gasteiger partial charge in [0, 0.05) is 45.3 Å². The third-order valence-corrected chi connectivity index (χ3v) is 4.80. The Morgan fingerprint density at radius 1 is 1.30 bits per heavy atom. The summed E-state index contributed by atoms with van der Waals surface area (Å²) in [7, 11) is 2.06. The van der Waals surface area contributed by atoms with Crippen LogP contribution in [0.4, 0.5) is 0 Å². The fraction of sp³-hybridized carbons (Fsp3) is 1.00. The van der Waals surface area contributed by atoms with Crippen molar-refractivity contribution in [1.29, 1.82) is 0 Å². The van der Waals surface area contributed by atoms with Crippen LogP contribution in [0.1, 0.15) is 51.9 Å². The van der Waals surface area contributed by atoms with Crippen LogP contribution in [-0.2, 0) is 14.2 Å². The van der Waals surface area contributed by atoms with Crippen LogP contribution in [0.25, 0.3) is 0 Å². The number of likely N-dealkylation sites (N-methyl/N-ethyl adjacent to an activating group) is 1. The zero-order valence-electron chi connectivity index (χ0n) is 13.2. The van der Waals surface area contributed by atoms with Crippen LogP contribution in [0.5, 0.6) is 0 Å². The number of rotatable bonds is 8. The predicted molar refractivity (Wildman–Crippen MR) is 80.1 cm³/mol. The molecule has 2 rings (SSSR count). The Kier molecular flexibility index (Phi) is 6.75. The molecule has 0 saturated carbocycles. The molecule has 0 amide bonds. The van der Waals surface area contributed by atoms with E-state index < -0.39 is 0 Å². The van der Waals surface area contributed by atoms with Gasteiger partial charge in [-0.2, -0.15) is 0 Å². The number of ether oxygens (including phenoxy) is 3. The Labute approximate surface area is 123 Å². The van der Waals surface area contributed by atoms with Crippen LogP contribution in [0.2, 0.25) is 0 Å². The van der Waals surface area contributed by atoms with Gasteiger partial charge >= 0.3 is 0 Å². The molecule has 4 nitrogen and oxygen atoms in total. The van der Waals surface area contributed by atoms with Gasteiger partial charge in [-0.1, -0.05) is 0 Å². The molecular weight excluding hydrogens is 254 g/mol. The van der Waals surface area contributed by atoms with E-state index >= 15 is 0 Å². The Balaban J connectivity index is 1.83. The van der Waals surface area contributed by atoms with E-state index in [4.69, 9.17) is 14.2 Å². The summed E-state index contributed by atoms with van der Waals surface area (Å²) in [5, 5.41) is 3.50. The van der Waals surface area contributed by atoms with E-state index in [1.165, 1.54) is 25.7 Å². The lowest BCUT2D eigenvalue weighted by molar-refractivity contribution is -0.127. The second-order valence-corrected chi connectivity index (χ2v) is 6.02. The zero-order chi connectivity index (χ0) is 14.3. The summed E-state index contributed by atoms with van der Waals surface area (Å²) < 4.78 is 17.4. The molecule has 0 aliphatic carbocycles. The average molecular weight is 285 g/mol. The Morgan fingerprint density at radius 3 is 2.70 bits per heavy atom. The van der Waals surface area contributed by atoms with Crippen molar-refractivity contribution in [2.24, 2.45) is 0 Å². The summed E-state index contributed by atoms with van der Waals surface area (Å²) in [4.78, 5) is 0. The van der Waals surface area contributed by atoms with Gasteiger partial charge in [-0.05, 0) is 46.1 Å². The summed E-state index contributed by atoms with van der Waals surface area (Å²) in [6.07, 6.45) is 8.57. The van der Waals surface area contributed by atoms with Crippen molar-refractivity contribution < 1.29 is 14.2 Å². The molecule has 2 unspecified atom stereocenters. The largest absolute Gasteiger partial charge is 0.381 e. The van der Waals surface area contributed by atoms with E-state index in [1.807, 2.05) is 0 Å². The third-order valence-electron chi connectivity index (χ3n) is 4.80. The third kappa shape index (κ3) is 4.17. The molecule has 2 saturated heterocycles. The smallest absolute Gasteiger partial charge is 0.0878 e. The van der Waals surface area contributed by atoms with Crippen molar-refractivity contribution in [1.82, 2.24) is 5.32 Å². The van der Waals surface area contributed by atoms with Crippen molar-refractivity contribution >= 4 is 0 Å². The lowest BCUT2D eigenvalue weighted by atomic mass is 9.83. The minimum atomic E-state index is -0.0295. The molecule has 4 heteroatoms. The highest BCUT2D eigenvalue weighted by molar-refractivity contribution is 4.94.